The molecule has 2 heterocycles. The number of aliphatic hydroxyl groups excluding tert-OH is 1. The van der Waals surface area contributed by atoms with Crippen molar-refractivity contribution >= 4 is 40.1 Å². The Morgan fingerprint density at radius 3 is 2.71 bits per heavy atom. The normalized spacial score (nSPS) is 20.9. The van der Waals surface area contributed by atoms with Gasteiger partial charge in [0.1, 0.15) is 11.5 Å². The summed E-state index contributed by atoms with van der Waals surface area (Å²) in [5, 5.41) is 11.2. The Kier molecular flexibility index (Phi) is 3.89. The lowest BCUT2D eigenvalue weighted by atomic mass is 9.91. The first-order valence-corrected chi connectivity index (χ1v) is 7.95. The van der Waals surface area contributed by atoms with Crippen LogP contribution in [0, 0.1) is 12.8 Å². The molecule has 0 aromatic carbocycles. The standard InChI is InChI=1S/C17H19ClN4O2/c1-7-4-5-11(23)9(3)14(7)22-15(19)13(16(20)24)12-8(2)10(18)6-21-17(12)22/h4-6,9,11,23H,19H2,1-3H3,(H2,20,24)/t9-,11-/m1/s1. The molecule has 24 heavy (non-hydrogen) atoms. The minimum absolute atomic E-state index is 0.203. The fourth-order valence-corrected chi connectivity index (χ4v) is 3.42. The lowest BCUT2D eigenvalue weighted by Crippen LogP contribution is -2.24. The summed E-state index contributed by atoms with van der Waals surface area (Å²) in [5.74, 6) is -0.647. The van der Waals surface area contributed by atoms with Gasteiger partial charge in [0.05, 0.1) is 16.7 Å². The summed E-state index contributed by atoms with van der Waals surface area (Å²) in [5.41, 5.74) is 15.0. The SMILES string of the molecule is CC1=C(n2c(N)c(C(N)=O)c3c(C)c(Cl)cnc32)[C@H](C)[C@H](O)C=C1. The van der Waals surface area contributed by atoms with Crippen LogP contribution >= 0.6 is 11.6 Å². The molecule has 1 amide bonds. The first-order chi connectivity index (χ1) is 11.3. The van der Waals surface area contributed by atoms with Crippen molar-refractivity contribution in [1.29, 1.82) is 0 Å². The molecule has 2 aromatic rings. The Morgan fingerprint density at radius 2 is 2.08 bits per heavy atom. The fraction of sp³-hybridized carbons (Fsp3) is 0.294. The van der Waals surface area contributed by atoms with E-state index in [0.717, 1.165) is 11.3 Å². The Balaban J connectivity index is 2.47. The lowest BCUT2D eigenvalue weighted by molar-refractivity contribution is 0.100. The van der Waals surface area contributed by atoms with E-state index in [1.165, 1.54) is 6.20 Å². The number of nitrogens with zero attached hydrogens (tertiary/aromatic N) is 2. The van der Waals surface area contributed by atoms with Gasteiger partial charge in [-0.1, -0.05) is 30.7 Å². The summed E-state index contributed by atoms with van der Waals surface area (Å²) in [6, 6.07) is 0. The molecule has 3 rings (SSSR count). The van der Waals surface area contributed by atoms with Crippen LogP contribution in [0.25, 0.3) is 16.7 Å². The highest BCUT2D eigenvalue weighted by molar-refractivity contribution is 6.32. The van der Waals surface area contributed by atoms with Crippen LogP contribution in [0.1, 0.15) is 29.8 Å². The third-order valence-electron chi connectivity index (χ3n) is 4.59. The first kappa shape index (κ1) is 16.5. The summed E-state index contributed by atoms with van der Waals surface area (Å²) in [7, 11) is 0. The van der Waals surface area contributed by atoms with Crippen molar-refractivity contribution < 1.29 is 9.90 Å². The molecule has 2 aromatic heterocycles. The zero-order valence-electron chi connectivity index (χ0n) is 13.7. The number of rotatable bonds is 2. The maximum absolute atomic E-state index is 12.0. The lowest BCUT2D eigenvalue weighted by Gasteiger charge is -2.27. The molecule has 0 unspecified atom stereocenters. The molecule has 2 atom stereocenters. The molecular weight excluding hydrogens is 328 g/mol. The molecule has 6 nitrogen and oxygen atoms in total. The molecule has 7 heteroatoms. The second kappa shape index (κ2) is 5.65. The summed E-state index contributed by atoms with van der Waals surface area (Å²) < 4.78 is 1.70. The summed E-state index contributed by atoms with van der Waals surface area (Å²) >= 11 is 6.16. The number of nitrogens with two attached hydrogens (primary N) is 2. The maximum atomic E-state index is 12.0. The van der Waals surface area contributed by atoms with E-state index in [1.807, 2.05) is 19.9 Å². The number of allylic oxidation sites excluding steroid dienone is 2. The molecule has 0 spiro atoms. The minimum atomic E-state index is -0.647. The topological polar surface area (TPSA) is 107 Å². The quantitative estimate of drug-likeness (QED) is 0.776. The number of carbonyl (C=O) groups is 1. The van der Waals surface area contributed by atoms with E-state index in [4.69, 9.17) is 23.1 Å². The number of primary amides is 1. The number of anilines is 1. The minimum Gasteiger partial charge on any atom is -0.388 e. The molecule has 126 valence electrons. The third kappa shape index (κ3) is 2.22. The smallest absolute Gasteiger partial charge is 0.253 e. The number of aromatic nitrogens is 2. The van der Waals surface area contributed by atoms with Crippen LogP contribution in [0.4, 0.5) is 5.82 Å². The van der Waals surface area contributed by atoms with E-state index in [2.05, 4.69) is 4.98 Å². The predicted octanol–water partition coefficient (Wildman–Crippen LogP) is 2.48. The van der Waals surface area contributed by atoms with Crippen molar-refractivity contribution in [1.82, 2.24) is 9.55 Å². The Labute approximate surface area is 144 Å². The van der Waals surface area contributed by atoms with Gasteiger partial charge in [0.25, 0.3) is 5.91 Å². The van der Waals surface area contributed by atoms with Gasteiger partial charge in [-0.2, -0.15) is 0 Å². The molecule has 0 saturated heterocycles. The van der Waals surface area contributed by atoms with Gasteiger partial charge in [-0.25, -0.2) is 4.98 Å². The predicted molar refractivity (Wildman–Crippen MR) is 95.6 cm³/mol. The van der Waals surface area contributed by atoms with Crippen LogP contribution in [0.15, 0.2) is 23.9 Å². The highest BCUT2D eigenvalue weighted by atomic mass is 35.5. The van der Waals surface area contributed by atoms with Crippen LogP contribution in [0.5, 0.6) is 0 Å². The number of hydrogen-bond acceptors (Lipinski definition) is 4. The number of nitrogen functional groups attached to an aromatic ring is 1. The van der Waals surface area contributed by atoms with Crippen molar-refractivity contribution in [2.24, 2.45) is 11.7 Å². The van der Waals surface area contributed by atoms with Gasteiger partial charge in [0.2, 0.25) is 0 Å². The van der Waals surface area contributed by atoms with E-state index < -0.39 is 12.0 Å². The highest BCUT2D eigenvalue weighted by Crippen LogP contribution is 2.39. The van der Waals surface area contributed by atoms with Crippen LogP contribution in [-0.4, -0.2) is 26.7 Å². The van der Waals surface area contributed by atoms with Crippen LogP contribution in [0.2, 0.25) is 5.02 Å². The molecule has 0 saturated carbocycles. The number of halogens is 1. The van der Waals surface area contributed by atoms with Crippen molar-refractivity contribution in [2.45, 2.75) is 26.9 Å². The Hall–Kier alpha value is -2.31. The van der Waals surface area contributed by atoms with Crippen molar-refractivity contribution in [3.8, 4) is 0 Å². The Morgan fingerprint density at radius 1 is 1.42 bits per heavy atom. The highest BCUT2D eigenvalue weighted by Gasteiger charge is 2.30. The number of aryl methyl sites for hydroxylation is 1. The van der Waals surface area contributed by atoms with Gasteiger partial charge in [-0.15, -0.1) is 0 Å². The van der Waals surface area contributed by atoms with E-state index in [-0.39, 0.29) is 17.3 Å². The summed E-state index contributed by atoms with van der Waals surface area (Å²) in [4.78, 5) is 16.4. The first-order valence-electron chi connectivity index (χ1n) is 7.57. The van der Waals surface area contributed by atoms with Gasteiger partial charge in [0.15, 0.2) is 0 Å². The van der Waals surface area contributed by atoms with Gasteiger partial charge < -0.3 is 16.6 Å². The van der Waals surface area contributed by atoms with Crippen molar-refractivity contribution in [3.05, 3.63) is 40.1 Å². The summed E-state index contributed by atoms with van der Waals surface area (Å²) in [6.07, 6.45) is 4.44. The molecule has 1 aliphatic rings. The molecule has 5 N–H and O–H groups in total. The monoisotopic (exact) mass is 346 g/mol. The number of fused-ring (bicyclic) bond motifs is 1. The van der Waals surface area contributed by atoms with Crippen molar-refractivity contribution in [2.75, 3.05) is 5.73 Å². The van der Waals surface area contributed by atoms with Crippen LogP contribution < -0.4 is 11.5 Å². The zero-order chi connectivity index (χ0) is 17.8. The third-order valence-corrected chi connectivity index (χ3v) is 4.98. The number of pyridine rings is 1. The molecule has 0 aliphatic heterocycles. The largest absolute Gasteiger partial charge is 0.388 e. The second-order valence-electron chi connectivity index (χ2n) is 6.10. The molecule has 0 bridgehead atoms. The van der Waals surface area contributed by atoms with Crippen LogP contribution in [0.3, 0.4) is 0 Å². The van der Waals surface area contributed by atoms with Crippen LogP contribution in [-0.2, 0) is 0 Å². The number of aliphatic hydroxyl groups is 1. The van der Waals surface area contributed by atoms with E-state index in [0.29, 0.717) is 21.6 Å². The average Bonchev–Trinajstić information content (AvgIpc) is 2.81. The maximum Gasteiger partial charge on any atom is 0.253 e. The Bertz CT molecular complexity index is 927. The second-order valence-corrected chi connectivity index (χ2v) is 6.50. The van der Waals surface area contributed by atoms with E-state index >= 15 is 0 Å². The average molecular weight is 347 g/mol. The molecular formula is C17H19ClN4O2. The number of carbonyl (C=O) groups excluding carboxylic acids is 1. The molecule has 0 fully saturated rings. The number of amides is 1. The fourth-order valence-electron chi connectivity index (χ4n) is 3.28. The van der Waals surface area contributed by atoms with Gasteiger partial charge in [-0.05, 0) is 25.0 Å². The van der Waals surface area contributed by atoms with Gasteiger partial charge >= 0.3 is 0 Å². The van der Waals surface area contributed by atoms with Crippen molar-refractivity contribution in [3.63, 3.8) is 0 Å². The van der Waals surface area contributed by atoms with Gasteiger partial charge in [0, 0.05) is 23.2 Å². The molecule has 1 aliphatic carbocycles. The van der Waals surface area contributed by atoms with Gasteiger partial charge in [-0.3, -0.25) is 9.36 Å². The van der Waals surface area contributed by atoms with E-state index in [9.17, 15) is 9.90 Å². The summed E-state index contributed by atoms with van der Waals surface area (Å²) in [6.45, 7) is 5.61. The zero-order valence-corrected chi connectivity index (χ0v) is 14.4. The molecule has 0 radical (unpaired) electrons. The van der Waals surface area contributed by atoms with E-state index in [1.54, 1.807) is 17.6 Å². The number of hydrogen-bond donors (Lipinski definition) is 3.